The normalized spacial score (nSPS) is 10.4. The third-order valence-electron chi connectivity index (χ3n) is 3.36. The highest BCUT2D eigenvalue weighted by Crippen LogP contribution is 2.29. The maximum absolute atomic E-state index is 12.0. The highest BCUT2D eigenvalue weighted by atomic mass is 35.5. The number of amides is 1. The van der Waals surface area contributed by atoms with Crippen molar-refractivity contribution in [2.24, 2.45) is 0 Å². The van der Waals surface area contributed by atoms with Crippen LogP contribution in [0.5, 0.6) is 11.5 Å². The fourth-order valence-corrected chi connectivity index (χ4v) is 3.93. The highest BCUT2D eigenvalue weighted by molar-refractivity contribution is 8.00. The number of thioether (sulfide) groups is 1. The molecule has 1 amide bonds. The van der Waals surface area contributed by atoms with E-state index in [1.165, 1.54) is 11.3 Å². The molecule has 6 nitrogen and oxygen atoms in total. The van der Waals surface area contributed by atoms with Crippen LogP contribution in [0.25, 0.3) is 0 Å². The summed E-state index contributed by atoms with van der Waals surface area (Å²) in [5, 5.41) is 11.9. The van der Waals surface area contributed by atoms with Crippen LogP contribution < -0.4 is 14.8 Å². The van der Waals surface area contributed by atoms with Gasteiger partial charge in [0.25, 0.3) is 5.91 Å². The number of nitrogens with zero attached hydrogens (tertiary/aromatic N) is 2. The van der Waals surface area contributed by atoms with Gasteiger partial charge in [0.15, 0.2) is 22.4 Å². The quantitative estimate of drug-likeness (QED) is 0.426. The second-order valence-corrected chi connectivity index (χ2v) is 7.91. The van der Waals surface area contributed by atoms with Crippen molar-refractivity contribution in [1.29, 1.82) is 0 Å². The minimum atomic E-state index is -0.314. The summed E-state index contributed by atoms with van der Waals surface area (Å²) in [4.78, 5) is 12.0. The lowest BCUT2D eigenvalue weighted by Crippen LogP contribution is -2.20. The van der Waals surface area contributed by atoms with E-state index >= 15 is 0 Å². The highest BCUT2D eigenvalue weighted by Gasteiger charge is 2.11. The van der Waals surface area contributed by atoms with E-state index in [9.17, 15) is 4.79 Å². The van der Waals surface area contributed by atoms with Gasteiger partial charge >= 0.3 is 0 Å². The zero-order chi connectivity index (χ0) is 19.1. The Kier molecular flexibility index (Phi) is 6.92. The third kappa shape index (κ3) is 5.85. The predicted octanol–water partition coefficient (Wildman–Crippen LogP) is 4.51. The van der Waals surface area contributed by atoms with Gasteiger partial charge in [0.1, 0.15) is 0 Å². The molecule has 0 aliphatic heterocycles. The largest absolute Gasteiger partial charge is 0.493 e. The molecule has 2 aromatic carbocycles. The van der Waals surface area contributed by atoms with Gasteiger partial charge in [0.05, 0.1) is 7.11 Å². The molecule has 0 bridgehead atoms. The minimum Gasteiger partial charge on any atom is -0.493 e. The molecule has 0 atom stereocenters. The van der Waals surface area contributed by atoms with E-state index in [2.05, 4.69) is 15.5 Å². The molecule has 0 saturated heterocycles. The molecule has 0 unspecified atom stereocenters. The fraction of sp³-hybridized carbons (Fsp3) is 0.167. The zero-order valence-corrected chi connectivity index (χ0v) is 16.7. The minimum absolute atomic E-state index is 0.146. The number of anilines is 1. The molecule has 0 spiro atoms. The number of hydrogen-bond acceptors (Lipinski definition) is 7. The van der Waals surface area contributed by atoms with Gasteiger partial charge in [0.2, 0.25) is 5.13 Å². The second kappa shape index (κ2) is 9.59. The molecule has 0 fully saturated rings. The maximum Gasteiger partial charge on any atom is 0.264 e. The Balaban J connectivity index is 1.48. The van der Waals surface area contributed by atoms with Crippen molar-refractivity contribution in [2.75, 3.05) is 19.0 Å². The van der Waals surface area contributed by atoms with Crippen molar-refractivity contribution in [2.45, 2.75) is 10.1 Å². The number of halogens is 1. The molecule has 1 aromatic heterocycles. The van der Waals surface area contributed by atoms with Crippen molar-refractivity contribution in [3.63, 3.8) is 0 Å². The average Bonchev–Trinajstić information content (AvgIpc) is 3.13. The first-order chi connectivity index (χ1) is 13.1. The van der Waals surface area contributed by atoms with E-state index in [0.717, 1.165) is 15.7 Å². The summed E-state index contributed by atoms with van der Waals surface area (Å²) in [6.45, 7) is -0.146. The standard InChI is InChI=1S/C18H16ClN3O3S2/c1-24-14-4-2-3-5-15(14)25-10-16(23)20-17-21-22-18(27-17)26-11-12-6-8-13(19)9-7-12/h2-9H,10-11H2,1H3,(H,20,21,23). The van der Waals surface area contributed by atoms with Crippen molar-refractivity contribution in [3.05, 3.63) is 59.1 Å². The lowest BCUT2D eigenvalue weighted by atomic mass is 10.2. The summed E-state index contributed by atoms with van der Waals surface area (Å²) in [5.74, 6) is 1.51. The van der Waals surface area contributed by atoms with E-state index in [-0.39, 0.29) is 12.5 Å². The van der Waals surface area contributed by atoms with Gasteiger partial charge in [0, 0.05) is 10.8 Å². The lowest BCUT2D eigenvalue weighted by Gasteiger charge is -2.09. The molecule has 1 N–H and O–H groups in total. The van der Waals surface area contributed by atoms with Crippen molar-refractivity contribution < 1.29 is 14.3 Å². The van der Waals surface area contributed by atoms with Crippen LogP contribution in [0.1, 0.15) is 5.56 Å². The van der Waals surface area contributed by atoms with E-state index in [0.29, 0.717) is 21.7 Å². The number of para-hydroxylation sites is 2. The van der Waals surface area contributed by atoms with Crippen LogP contribution in [0.3, 0.4) is 0 Å². The second-order valence-electron chi connectivity index (χ2n) is 5.28. The summed E-state index contributed by atoms with van der Waals surface area (Å²) in [5.41, 5.74) is 1.13. The SMILES string of the molecule is COc1ccccc1OCC(=O)Nc1nnc(SCc2ccc(Cl)cc2)s1. The number of methoxy groups -OCH3 is 1. The van der Waals surface area contributed by atoms with Gasteiger partial charge in [-0.3, -0.25) is 10.1 Å². The molecule has 27 heavy (non-hydrogen) atoms. The lowest BCUT2D eigenvalue weighted by molar-refractivity contribution is -0.118. The van der Waals surface area contributed by atoms with Gasteiger partial charge in [-0.25, -0.2) is 0 Å². The van der Waals surface area contributed by atoms with E-state index < -0.39 is 0 Å². The van der Waals surface area contributed by atoms with E-state index in [1.807, 2.05) is 36.4 Å². The Morgan fingerprint density at radius 2 is 1.89 bits per heavy atom. The maximum atomic E-state index is 12.0. The molecule has 9 heteroatoms. The predicted molar refractivity (Wildman–Crippen MR) is 108 cm³/mol. The summed E-state index contributed by atoms with van der Waals surface area (Å²) < 4.78 is 11.4. The first-order valence-electron chi connectivity index (χ1n) is 7.90. The summed E-state index contributed by atoms with van der Waals surface area (Å²) in [7, 11) is 1.55. The van der Waals surface area contributed by atoms with Crippen molar-refractivity contribution >= 4 is 45.7 Å². The Morgan fingerprint density at radius 3 is 2.63 bits per heavy atom. The Hall–Kier alpha value is -2.29. The van der Waals surface area contributed by atoms with E-state index in [1.54, 1.807) is 31.0 Å². The molecule has 1 heterocycles. The zero-order valence-electron chi connectivity index (χ0n) is 14.3. The number of nitrogens with one attached hydrogen (secondary N) is 1. The fourth-order valence-electron chi connectivity index (χ4n) is 2.08. The number of benzene rings is 2. The Labute approximate surface area is 169 Å². The van der Waals surface area contributed by atoms with Crippen molar-refractivity contribution in [3.8, 4) is 11.5 Å². The molecule has 0 saturated carbocycles. The Bertz CT molecular complexity index is 903. The van der Waals surface area contributed by atoms with Gasteiger partial charge < -0.3 is 9.47 Å². The van der Waals surface area contributed by atoms with Gasteiger partial charge in [-0.2, -0.15) is 0 Å². The average molecular weight is 422 g/mol. The van der Waals surface area contributed by atoms with Crippen molar-refractivity contribution in [1.82, 2.24) is 10.2 Å². The third-order valence-corrected chi connectivity index (χ3v) is 5.65. The monoisotopic (exact) mass is 421 g/mol. The van der Waals surface area contributed by atoms with E-state index in [4.69, 9.17) is 21.1 Å². The topological polar surface area (TPSA) is 73.3 Å². The number of hydrogen-bond donors (Lipinski definition) is 1. The van der Waals surface area contributed by atoms with Gasteiger partial charge in [-0.1, -0.05) is 59.0 Å². The molecule has 3 rings (SSSR count). The molecule has 0 aliphatic carbocycles. The number of carbonyl (C=O) groups excluding carboxylic acids is 1. The summed E-state index contributed by atoms with van der Waals surface area (Å²) >= 11 is 8.74. The van der Waals surface area contributed by atoms with Crippen LogP contribution in [-0.2, 0) is 10.5 Å². The molecule has 140 valence electrons. The molecule has 0 radical (unpaired) electrons. The molecular formula is C18H16ClN3O3S2. The summed E-state index contributed by atoms with van der Waals surface area (Å²) in [6, 6.07) is 14.8. The smallest absolute Gasteiger partial charge is 0.264 e. The molecule has 0 aliphatic rings. The van der Waals surface area contributed by atoms with Crippen LogP contribution in [0.2, 0.25) is 5.02 Å². The molecular weight excluding hydrogens is 406 g/mol. The first-order valence-corrected chi connectivity index (χ1v) is 10.1. The van der Waals surface area contributed by atoms with Crippen LogP contribution >= 0.6 is 34.7 Å². The number of ether oxygens (including phenoxy) is 2. The molecule has 3 aromatic rings. The number of rotatable bonds is 8. The summed E-state index contributed by atoms with van der Waals surface area (Å²) in [6.07, 6.45) is 0. The van der Waals surface area contributed by atoms with Gasteiger partial charge in [-0.05, 0) is 29.8 Å². The van der Waals surface area contributed by atoms with Crippen LogP contribution in [0, 0.1) is 0 Å². The van der Waals surface area contributed by atoms with Crippen LogP contribution in [0.4, 0.5) is 5.13 Å². The first kappa shape index (κ1) is 19.5. The Morgan fingerprint density at radius 1 is 1.15 bits per heavy atom. The number of carbonyl (C=O) groups is 1. The van der Waals surface area contributed by atoms with Crippen LogP contribution in [-0.4, -0.2) is 29.8 Å². The number of aromatic nitrogens is 2. The van der Waals surface area contributed by atoms with Gasteiger partial charge in [-0.15, -0.1) is 10.2 Å². The van der Waals surface area contributed by atoms with Crippen LogP contribution in [0.15, 0.2) is 52.9 Å².